The average molecular weight is 318 g/mol. The molecule has 0 bridgehead atoms. The van der Waals surface area contributed by atoms with E-state index in [1.807, 2.05) is 23.9 Å². The molecule has 1 aliphatic rings. The monoisotopic (exact) mass is 318 g/mol. The van der Waals surface area contributed by atoms with E-state index in [0.717, 1.165) is 25.1 Å². The van der Waals surface area contributed by atoms with Crippen LogP contribution in [0.5, 0.6) is 0 Å². The Morgan fingerprint density at radius 3 is 2.86 bits per heavy atom. The molecule has 120 valence electrons. The molecule has 0 amide bonds. The number of alkyl halides is 2. The smallest absolute Gasteiger partial charge is 0.248 e. The van der Waals surface area contributed by atoms with Gasteiger partial charge in [-0.05, 0) is 30.7 Å². The van der Waals surface area contributed by atoms with Crippen LogP contribution in [0.15, 0.2) is 12.3 Å². The maximum Gasteiger partial charge on any atom is 0.248 e. The van der Waals surface area contributed by atoms with Crippen molar-refractivity contribution in [2.24, 2.45) is 5.41 Å². The molecule has 1 fully saturated rings. The zero-order chi connectivity index (χ0) is 15.5. The maximum atomic E-state index is 13.6. The molecule has 0 radical (unpaired) electrons. The van der Waals surface area contributed by atoms with E-state index in [9.17, 15) is 13.0 Å². The SMILES string of the molecule is CCCn1ccc(CS(=O)CC2(C)CCCC(F)(F)C2)n1. The van der Waals surface area contributed by atoms with Crippen LogP contribution in [0.1, 0.15) is 51.6 Å². The first-order chi connectivity index (χ1) is 9.82. The zero-order valence-corrected chi connectivity index (χ0v) is 13.6. The van der Waals surface area contributed by atoms with Gasteiger partial charge in [0.25, 0.3) is 0 Å². The van der Waals surface area contributed by atoms with Crippen LogP contribution in [0.25, 0.3) is 0 Å². The fraction of sp³-hybridized carbons (Fsp3) is 0.800. The predicted octanol–water partition coefficient (Wildman–Crippen LogP) is 3.76. The van der Waals surface area contributed by atoms with Crippen molar-refractivity contribution < 1.29 is 13.0 Å². The molecule has 1 aromatic heterocycles. The van der Waals surface area contributed by atoms with E-state index in [1.54, 1.807) is 0 Å². The summed E-state index contributed by atoms with van der Waals surface area (Å²) in [6.07, 6.45) is 3.96. The predicted molar refractivity (Wildman–Crippen MR) is 80.8 cm³/mol. The Labute approximate surface area is 127 Å². The molecule has 2 rings (SSSR count). The van der Waals surface area contributed by atoms with Gasteiger partial charge in [0.05, 0.1) is 11.4 Å². The minimum Gasteiger partial charge on any atom is -0.272 e. The summed E-state index contributed by atoms with van der Waals surface area (Å²) in [6, 6.07) is 1.87. The van der Waals surface area contributed by atoms with Gasteiger partial charge in [-0.3, -0.25) is 8.89 Å². The molecule has 0 N–H and O–H groups in total. The third kappa shape index (κ3) is 4.87. The largest absolute Gasteiger partial charge is 0.272 e. The van der Waals surface area contributed by atoms with Crippen molar-refractivity contribution in [3.63, 3.8) is 0 Å². The lowest BCUT2D eigenvalue weighted by Crippen LogP contribution is -2.37. The summed E-state index contributed by atoms with van der Waals surface area (Å²) in [5, 5.41) is 4.36. The van der Waals surface area contributed by atoms with Crippen LogP contribution in [-0.4, -0.2) is 25.7 Å². The minimum atomic E-state index is -2.60. The van der Waals surface area contributed by atoms with E-state index in [4.69, 9.17) is 0 Å². The second-order valence-corrected chi connectivity index (χ2v) is 7.95. The van der Waals surface area contributed by atoms with Gasteiger partial charge in [-0.15, -0.1) is 0 Å². The van der Waals surface area contributed by atoms with Crippen LogP contribution in [0.4, 0.5) is 8.78 Å². The minimum absolute atomic E-state index is 0.0311. The van der Waals surface area contributed by atoms with Gasteiger partial charge >= 0.3 is 0 Å². The lowest BCUT2D eigenvalue weighted by Gasteiger charge is -2.37. The Morgan fingerprint density at radius 2 is 2.19 bits per heavy atom. The third-order valence-electron chi connectivity index (χ3n) is 3.98. The second kappa shape index (κ2) is 6.55. The van der Waals surface area contributed by atoms with E-state index < -0.39 is 22.1 Å². The van der Waals surface area contributed by atoms with E-state index >= 15 is 0 Å². The Kier molecular flexibility index (Phi) is 5.17. The molecule has 1 heterocycles. The van der Waals surface area contributed by atoms with Crippen molar-refractivity contribution in [1.82, 2.24) is 9.78 Å². The van der Waals surface area contributed by atoms with Crippen LogP contribution >= 0.6 is 0 Å². The van der Waals surface area contributed by atoms with Gasteiger partial charge in [0.1, 0.15) is 0 Å². The van der Waals surface area contributed by atoms with Crippen molar-refractivity contribution in [1.29, 1.82) is 0 Å². The molecular formula is C15H24F2N2OS. The second-order valence-electron chi connectivity index (χ2n) is 6.50. The summed E-state index contributed by atoms with van der Waals surface area (Å²) in [5.41, 5.74) is 0.270. The van der Waals surface area contributed by atoms with Gasteiger partial charge in [-0.1, -0.05) is 13.8 Å². The number of halogens is 2. The zero-order valence-electron chi connectivity index (χ0n) is 12.8. The highest BCUT2D eigenvalue weighted by molar-refractivity contribution is 7.84. The fourth-order valence-corrected chi connectivity index (χ4v) is 4.75. The first kappa shape index (κ1) is 16.6. The van der Waals surface area contributed by atoms with Crippen LogP contribution < -0.4 is 0 Å². The van der Waals surface area contributed by atoms with E-state index in [2.05, 4.69) is 12.0 Å². The number of aromatic nitrogens is 2. The molecular weight excluding hydrogens is 294 g/mol. The molecule has 1 aromatic rings. The number of rotatable bonds is 6. The first-order valence-corrected chi connectivity index (χ1v) is 9.06. The molecule has 21 heavy (non-hydrogen) atoms. The molecule has 1 saturated carbocycles. The average Bonchev–Trinajstić information content (AvgIpc) is 2.74. The molecule has 0 aliphatic heterocycles. The number of hydrogen-bond acceptors (Lipinski definition) is 2. The van der Waals surface area contributed by atoms with Crippen molar-refractivity contribution in [3.8, 4) is 0 Å². The summed E-state index contributed by atoms with van der Waals surface area (Å²) in [5.74, 6) is -1.90. The summed E-state index contributed by atoms with van der Waals surface area (Å²) >= 11 is 0. The van der Waals surface area contributed by atoms with Gasteiger partial charge in [-0.25, -0.2) is 8.78 Å². The van der Waals surface area contributed by atoms with E-state index in [0.29, 0.717) is 17.9 Å². The lowest BCUT2D eigenvalue weighted by molar-refractivity contribution is -0.0716. The van der Waals surface area contributed by atoms with Crippen molar-refractivity contribution in [2.75, 3.05) is 5.75 Å². The third-order valence-corrected chi connectivity index (χ3v) is 5.61. The molecule has 2 atom stereocenters. The summed E-state index contributed by atoms with van der Waals surface area (Å²) in [7, 11) is -1.14. The molecule has 0 saturated heterocycles. The quantitative estimate of drug-likeness (QED) is 0.800. The van der Waals surface area contributed by atoms with Crippen LogP contribution in [0, 0.1) is 5.41 Å². The standard InChI is InChI=1S/C15H24F2N2OS/c1-3-8-19-9-5-13(18-19)10-21(20)12-14(2)6-4-7-15(16,17)11-14/h5,9H,3-4,6-8,10-12H2,1-2H3. The Balaban J connectivity index is 1.91. The van der Waals surface area contributed by atoms with Crippen molar-refractivity contribution in [3.05, 3.63) is 18.0 Å². The highest BCUT2D eigenvalue weighted by Crippen LogP contribution is 2.44. The highest BCUT2D eigenvalue weighted by Gasteiger charge is 2.43. The lowest BCUT2D eigenvalue weighted by atomic mass is 9.75. The van der Waals surface area contributed by atoms with Crippen LogP contribution in [0.2, 0.25) is 0 Å². The molecule has 6 heteroatoms. The van der Waals surface area contributed by atoms with Crippen LogP contribution in [-0.2, 0) is 23.1 Å². The number of nitrogens with zero attached hydrogens (tertiary/aromatic N) is 2. The molecule has 2 unspecified atom stereocenters. The maximum absolute atomic E-state index is 13.6. The first-order valence-electron chi connectivity index (χ1n) is 7.57. The summed E-state index contributed by atoms with van der Waals surface area (Å²) in [6.45, 7) is 4.76. The Bertz CT molecular complexity index is 504. The van der Waals surface area contributed by atoms with E-state index in [1.165, 1.54) is 0 Å². The summed E-state index contributed by atoms with van der Waals surface area (Å²) in [4.78, 5) is 0. The molecule has 0 aromatic carbocycles. The topological polar surface area (TPSA) is 34.9 Å². The van der Waals surface area contributed by atoms with Gasteiger partial charge in [-0.2, -0.15) is 5.10 Å². The molecule has 1 aliphatic carbocycles. The van der Waals surface area contributed by atoms with Crippen molar-refractivity contribution >= 4 is 10.8 Å². The fourth-order valence-electron chi connectivity index (χ4n) is 3.14. The molecule has 0 spiro atoms. The normalized spacial score (nSPS) is 26.7. The van der Waals surface area contributed by atoms with Gasteiger partial charge in [0.2, 0.25) is 5.92 Å². The molecule has 3 nitrogen and oxygen atoms in total. The Hall–Kier alpha value is -0.780. The van der Waals surface area contributed by atoms with Crippen LogP contribution in [0.3, 0.4) is 0 Å². The van der Waals surface area contributed by atoms with Gasteiger partial charge in [0, 0.05) is 42.1 Å². The number of hydrogen-bond donors (Lipinski definition) is 0. The highest BCUT2D eigenvalue weighted by atomic mass is 32.2. The van der Waals surface area contributed by atoms with Gasteiger partial charge in [0.15, 0.2) is 0 Å². The van der Waals surface area contributed by atoms with E-state index in [-0.39, 0.29) is 12.8 Å². The Morgan fingerprint density at radius 1 is 1.43 bits per heavy atom. The number of aryl methyl sites for hydroxylation is 1. The summed E-state index contributed by atoms with van der Waals surface area (Å²) < 4.78 is 41.2. The van der Waals surface area contributed by atoms with Gasteiger partial charge < -0.3 is 0 Å². The van der Waals surface area contributed by atoms with Crippen molar-refractivity contribution in [2.45, 2.75) is 64.2 Å².